The van der Waals surface area contributed by atoms with Crippen LogP contribution in [0.4, 0.5) is 0 Å². The number of carbonyl (C=O) groups excluding carboxylic acids is 1. The van der Waals surface area contributed by atoms with Crippen molar-refractivity contribution in [3.05, 3.63) is 40.0 Å². The zero-order valence-corrected chi connectivity index (χ0v) is 15.3. The maximum Gasteiger partial charge on any atom is 0.294 e. The first-order chi connectivity index (χ1) is 13.0. The van der Waals surface area contributed by atoms with Crippen molar-refractivity contribution >= 4 is 12.0 Å². The second-order valence-electron chi connectivity index (χ2n) is 6.37. The molecule has 0 aromatic heterocycles. The molecule has 1 amide bonds. The van der Waals surface area contributed by atoms with Crippen molar-refractivity contribution in [1.82, 2.24) is 10.2 Å². The summed E-state index contributed by atoms with van der Waals surface area (Å²) < 4.78 is 5.03. The van der Waals surface area contributed by atoms with Gasteiger partial charge in [0, 0.05) is 19.2 Å². The SMILES string of the molecule is COc1cc(/C=C/C(=O)NCN2CCC(CCO[N+](=O)[O-])CC2)ccc1O. The van der Waals surface area contributed by atoms with E-state index in [1.165, 1.54) is 19.3 Å². The normalized spacial score (nSPS) is 15.6. The van der Waals surface area contributed by atoms with Crippen LogP contribution in [-0.4, -0.2) is 54.5 Å². The lowest BCUT2D eigenvalue weighted by Crippen LogP contribution is -2.41. The fourth-order valence-electron chi connectivity index (χ4n) is 2.95. The third kappa shape index (κ3) is 7.14. The van der Waals surface area contributed by atoms with Gasteiger partial charge in [-0.2, -0.15) is 0 Å². The van der Waals surface area contributed by atoms with Crippen LogP contribution in [-0.2, 0) is 9.63 Å². The molecule has 0 unspecified atom stereocenters. The lowest BCUT2D eigenvalue weighted by atomic mass is 9.94. The average Bonchev–Trinajstić information content (AvgIpc) is 2.66. The summed E-state index contributed by atoms with van der Waals surface area (Å²) in [4.78, 5) is 28.6. The van der Waals surface area contributed by atoms with Gasteiger partial charge in [0.1, 0.15) is 0 Å². The summed E-state index contributed by atoms with van der Waals surface area (Å²) in [7, 11) is 1.47. The van der Waals surface area contributed by atoms with E-state index in [0.29, 0.717) is 24.8 Å². The second kappa shape index (κ2) is 10.4. The van der Waals surface area contributed by atoms with Crippen molar-refractivity contribution in [1.29, 1.82) is 0 Å². The number of hydrogen-bond acceptors (Lipinski definition) is 7. The molecule has 1 aliphatic heterocycles. The lowest BCUT2D eigenvalue weighted by molar-refractivity contribution is -0.758. The van der Waals surface area contributed by atoms with Gasteiger partial charge >= 0.3 is 0 Å². The molecule has 0 saturated carbocycles. The van der Waals surface area contributed by atoms with Gasteiger partial charge in [0.05, 0.1) is 20.4 Å². The van der Waals surface area contributed by atoms with Gasteiger partial charge in [0.25, 0.3) is 5.09 Å². The Bertz CT molecular complexity index is 671. The number of amides is 1. The minimum absolute atomic E-state index is 0.0486. The number of aromatic hydroxyl groups is 1. The van der Waals surface area contributed by atoms with Gasteiger partial charge in [-0.3, -0.25) is 9.69 Å². The zero-order chi connectivity index (χ0) is 19.6. The zero-order valence-electron chi connectivity index (χ0n) is 15.3. The smallest absolute Gasteiger partial charge is 0.294 e. The average molecular weight is 379 g/mol. The fraction of sp³-hybridized carbons (Fsp3) is 0.500. The number of nitrogens with zero attached hydrogens (tertiary/aromatic N) is 2. The van der Waals surface area contributed by atoms with Crippen LogP contribution in [0.5, 0.6) is 11.5 Å². The molecule has 1 saturated heterocycles. The van der Waals surface area contributed by atoms with Gasteiger partial charge < -0.3 is 20.0 Å². The van der Waals surface area contributed by atoms with Crippen molar-refractivity contribution in [3.8, 4) is 11.5 Å². The van der Waals surface area contributed by atoms with Gasteiger partial charge in [-0.05, 0) is 49.0 Å². The first-order valence-electron chi connectivity index (χ1n) is 8.80. The largest absolute Gasteiger partial charge is 0.504 e. The number of benzene rings is 1. The summed E-state index contributed by atoms with van der Waals surface area (Å²) in [5, 5.41) is 21.8. The molecule has 0 atom stereocenters. The Morgan fingerprint density at radius 3 is 2.85 bits per heavy atom. The number of piperidine rings is 1. The minimum Gasteiger partial charge on any atom is -0.504 e. The molecule has 0 aliphatic carbocycles. The predicted molar refractivity (Wildman–Crippen MR) is 98.6 cm³/mol. The first-order valence-corrected chi connectivity index (χ1v) is 8.80. The summed E-state index contributed by atoms with van der Waals surface area (Å²) in [6.45, 7) is 2.27. The quantitative estimate of drug-likeness (QED) is 0.382. The Kier molecular flexibility index (Phi) is 7.87. The van der Waals surface area contributed by atoms with Gasteiger partial charge in [-0.25, -0.2) is 0 Å². The van der Waals surface area contributed by atoms with Crippen LogP contribution in [0.3, 0.4) is 0 Å². The molecule has 0 radical (unpaired) electrons. The molecule has 9 nitrogen and oxygen atoms in total. The standard InChI is InChI=1S/C18H25N3O6/c1-26-17-12-15(2-4-16(17)22)3-5-18(23)19-13-20-9-6-14(7-10-20)8-11-27-21(24)25/h2-5,12,14,22H,6-11,13H2,1H3,(H,19,23)/b5-3+. The Labute approximate surface area is 157 Å². The van der Waals surface area contributed by atoms with Gasteiger partial charge in [0.15, 0.2) is 11.5 Å². The topological polar surface area (TPSA) is 114 Å². The fourth-order valence-corrected chi connectivity index (χ4v) is 2.95. The Morgan fingerprint density at radius 1 is 1.44 bits per heavy atom. The summed E-state index contributed by atoms with van der Waals surface area (Å²) in [6.07, 6.45) is 5.63. The van der Waals surface area contributed by atoms with Crippen LogP contribution in [0.1, 0.15) is 24.8 Å². The molecule has 2 rings (SSSR count). The van der Waals surface area contributed by atoms with Crippen molar-refractivity contribution in [2.24, 2.45) is 5.92 Å². The highest BCUT2D eigenvalue weighted by Gasteiger charge is 2.19. The molecule has 1 aromatic rings. The van der Waals surface area contributed by atoms with Crippen molar-refractivity contribution in [2.45, 2.75) is 19.3 Å². The van der Waals surface area contributed by atoms with Crippen LogP contribution in [0.2, 0.25) is 0 Å². The number of ether oxygens (including phenoxy) is 1. The molecule has 1 fully saturated rings. The number of phenols is 1. The van der Waals surface area contributed by atoms with Gasteiger partial charge in [0.2, 0.25) is 5.91 Å². The van der Waals surface area contributed by atoms with Crippen LogP contribution in [0, 0.1) is 16.0 Å². The van der Waals surface area contributed by atoms with E-state index in [1.807, 2.05) is 0 Å². The molecule has 1 aliphatic rings. The Hall–Kier alpha value is -2.81. The van der Waals surface area contributed by atoms with Crippen molar-refractivity contribution < 1.29 is 24.6 Å². The number of hydrogen-bond donors (Lipinski definition) is 2. The number of nitrogens with one attached hydrogen (secondary N) is 1. The summed E-state index contributed by atoms with van der Waals surface area (Å²) in [6, 6.07) is 4.85. The molecular formula is C18H25N3O6. The molecular weight excluding hydrogens is 354 g/mol. The van der Waals surface area contributed by atoms with E-state index in [1.54, 1.807) is 18.2 Å². The van der Waals surface area contributed by atoms with E-state index in [4.69, 9.17) is 4.74 Å². The van der Waals surface area contributed by atoms with E-state index in [9.17, 15) is 20.0 Å². The minimum atomic E-state index is -0.758. The molecule has 1 heterocycles. The third-order valence-electron chi connectivity index (χ3n) is 4.54. The van der Waals surface area contributed by atoms with Crippen molar-refractivity contribution in [3.63, 3.8) is 0 Å². The number of carbonyl (C=O) groups is 1. The highest BCUT2D eigenvalue weighted by atomic mass is 16.9. The second-order valence-corrected chi connectivity index (χ2v) is 6.37. The van der Waals surface area contributed by atoms with E-state index in [-0.39, 0.29) is 18.3 Å². The third-order valence-corrected chi connectivity index (χ3v) is 4.54. The molecule has 1 aromatic carbocycles. The molecule has 0 bridgehead atoms. The first kappa shape index (κ1) is 20.5. The highest BCUT2D eigenvalue weighted by molar-refractivity contribution is 5.91. The number of likely N-dealkylation sites (tertiary alicyclic amines) is 1. The monoisotopic (exact) mass is 379 g/mol. The van der Waals surface area contributed by atoms with Crippen LogP contribution in [0.15, 0.2) is 24.3 Å². The molecule has 27 heavy (non-hydrogen) atoms. The van der Waals surface area contributed by atoms with Crippen molar-refractivity contribution in [2.75, 3.05) is 33.5 Å². The molecule has 0 spiro atoms. The van der Waals surface area contributed by atoms with E-state index in [2.05, 4.69) is 15.1 Å². The number of rotatable bonds is 9. The Balaban J connectivity index is 1.68. The Morgan fingerprint density at radius 2 is 2.19 bits per heavy atom. The maximum absolute atomic E-state index is 12.0. The summed E-state index contributed by atoms with van der Waals surface area (Å²) >= 11 is 0. The van der Waals surface area contributed by atoms with E-state index < -0.39 is 5.09 Å². The summed E-state index contributed by atoms with van der Waals surface area (Å²) in [5.74, 6) is 0.612. The number of methoxy groups -OCH3 is 1. The molecule has 9 heteroatoms. The van der Waals surface area contributed by atoms with Gasteiger partial charge in [-0.15, -0.1) is 10.1 Å². The van der Waals surface area contributed by atoms with Gasteiger partial charge in [-0.1, -0.05) is 6.07 Å². The summed E-state index contributed by atoms with van der Waals surface area (Å²) in [5.41, 5.74) is 0.748. The predicted octanol–water partition coefficient (Wildman–Crippen LogP) is 1.80. The van der Waals surface area contributed by atoms with Crippen LogP contribution in [0.25, 0.3) is 6.08 Å². The molecule has 2 N–H and O–H groups in total. The van der Waals surface area contributed by atoms with Crippen LogP contribution >= 0.6 is 0 Å². The maximum atomic E-state index is 12.0. The van der Waals surface area contributed by atoms with E-state index >= 15 is 0 Å². The van der Waals surface area contributed by atoms with Crippen LogP contribution < -0.4 is 10.1 Å². The van der Waals surface area contributed by atoms with E-state index in [0.717, 1.165) is 31.5 Å². The highest BCUT2D eigenvalue weighted by Crippen LogP contribution is 2.26. The number of phenolic OH excluding ortho intramolecular Hbond substituents is 1. The molecule has 148 valence electrons. The lowest BCUT2D eigenvalue weighted by Gasteiger charge is -2.31.